The van der Waals surface area contributed by atoms with Crippen LogP contribution in [0.15, 0.2) is 150 Å². The number of aromatic nitrogens is 2. The molecule has 0 saturated heterocycles. The van der Waals surface area contributed by atoms with Gasteiger partial charge in [-0.2, -0.15) is 0 Å². The molecule has 4 aliphatic rings. The first-order chi connectivity index (χ1) is 39.0. The number of ether oxygens (including phenoxy) is 2. The van der Waals surface area contributed by atoms with Crippen LogP contribution in [0.2, 0.25) is 0 Å². The fourth-order valence-corrected chi connectivity index (χ4v) is 12.0. The number of carbonyl (C=O) groups excluding carboxylic acids is 4. The molecule has 2 fully saturated rings. The maximum Gasteiger partial charge on any atom is 0.488 e. The molecule has 0 atom stereocenters. The minimum Gasteiger partial charge on any atom is -0.460 e. The summed E-state index contributed by atoms with van der Waals surface area (Å²) in [5.41, 5.74) is 12.2. The quantitative estimate of drug-likeness (QED) is 0.0909. The lowest BCUT2D eigenvalue weighted by atomic mass is 9.81. The number of hydrogen-bond acceptors (Lipinski definition) is 8. The third kappa shape index (κ3) is 13.1. The number of likely N-dealkylation sites (N-methyl/N-ethyl adjacent to an activating group) is 2. The van der Waals surface area contributed by atoms with Crippen molar-refractivity contribution in [3.63, 3.8) is 0 Å². The Morgan fingerprint density at radius 2 is 0.963 bits per heavy atom. The standard InChI is InChI=1S/C34H36N2O3.C28H31BrN2O3.C6H7BO2/c1-33(2,3)39-30(37)22-34(17-18-34)21-23-10-13-26(14-11-23)36-29-15-12-25(24-8-6-5-7-9-24)20-28(29)27-16-19-35(4)32(38)31(27)36;1-27(2,3)34-24(32)17-28(12-13-28)16-18-5-8-20(9-6-18)31-23-10-7-19(29)15-22(23)21-11-14-30(4)26(33)25(21)31;8-7(9)6-4-2-1-3-5-6/h5-15,20H,16-19,21-22H2,1-4H3;5-10,15H,11-14,16-17H2,1-4H3;1-5,8-9H. The zero-order valence-electron chi connectivity index (χ0n) is 48.4. The van der Waals surface area contributed by atoms with Gasteiger partial charge in [0.15, 0.2) is 0 Å². The van der Waals surface area contributed by atoms with Gasteiger partial charge in [-0.15, -0.1) is 0 Å². The Balaban J connectivity index is 0.000000160. The van der Waals surface area contributed by atoms with E-state index in [9.17, 15) is 19.2 Å². The third-order valence-electron chi connectivity index (χ3n) is 16.1. The van der Waals surface area contributed by atoms with E-state index in [1.807, 2.05) is 78.7 Å². The fourth-order valence-electron chi connectivity index (χ4n) is 11.7. The summed E-state index contributed by atoms with van der Waals surface area (Å²) in [6.45, 7) is 12.9. The third-order valence-corrected chi connectivity index (χ3v) is 16.6. The highest BCUT2D eigenvalue weighted by Gasteiger charge is 2.46. The van der Waals surface area contributed by atoms with Crippen molar-refractivity contribution in [1.29, 1.82) is 0 Å². The smallest absolute Gasteiger partial charge is 0.460 e. The maximum absolute atomic E-state index is 13.5. The number of amides is 2. The molecule has 0 bridgehead atoms. The lowest BCUT2D eigenvalue weighted by Gasteiger charge is -2.24. The molecule has 0 radical (unpaired) electrons. The molecular formula is C68H74BBrN4O8. The second-order valence-corrected chi connectivity index (χ2v) is 26.0. The zero-order chi connectivity index (χ0) is 58.3. The molecule has 2 aliphatic heterocycles. The molecule has 2 saturated carbocycles. The molecule has 14 heteroatoms. The van der Waals surface area contributed by atoms with Gasteiger partial charge < -0.3 is 38.5 Å². The first-order valence-corrected chi connectivity index (χ1v) is 29.4. The molecular weight excluding hydrogens is 1090 g/mol. The Kier molecular flexibility index (Phi) is 16.4. The van der Waals surface area contributed by atoms with Crippen LogP contribution in [0.25, 0.3) is 44.3 Å². The molecule has 12 nitrogen and oxygen atoms in total. The van der Waals surface area contributed by atoms with Crippen LogP contribution < -0.4 is 5.46 Å². The fraction of sp³-hybridized carbons (Fsp3) is 0.353. The minimum atomic E-state index is -1.34. The number of nitrogens with zero attached hydrogens (tertiary/aromatic N) is 4. The summed E-state index contributed by atoms with van der Waals surface area (Å²) in [5, 5.41) is 19.4. The van der Waals surface area contributed by atoms with E-state index in [4.69, 9.17) is 19.5 Å². The van der Waals surface area contributed by atoms with Crippen LogP contribution in [0.3, 0.4) is 0 Å². The number of fused-ring (bicyclic) bond motifs is 6. The number of carbonyl (C=O) groups is 4. The van der Waals surface area contributed by atoms with E-state index in [1.165, 1.54) is 16.7 Å². The van der Waals surface area contributed by atoms with Gasteiger partial charge in [0.2, 0.25) is 0 Å². The molecule has 2 aromatic heterocycles. The first kappa shape index (κ1) is 58.0. The van der Waals surface area contributed by atoms with E-state index >= 15 is 0 Å². The van der Waals surface area contributed by atoms with Crippen LogP contribution >= 0.6 is 15.9 Å². The van der Waals surface area contributed by atoms with Gasteiger partial charge >= 0.3 is 19.1 Å². The average Bonchev–Trinajstić information content (AvgIpc) is 4.47. The van der Waals surface area contributed by atoms with Gasteiger partial charge in [0.1, 0.15) is 22.6 Å². The molecule has 424 valence electrons. The highest BCUT2D eigenvalue weighted by molar-refractivity contribution is 9.10. The van der Waals surface area contributed by atoms with E-state index in [0.717, 1.165) is 130 Å². The van der Waals surface area contributed by atoms with Crippen molar-refractivity contribution < 1.29 is 38.7 Å². The predicted octanol–water partition coefficient (Wildman–Crippen LogP) is 12.4. The van der Waals surface area contributed by atoms with Crippen molar-refractivity contribution in [2.75, 3.05) is 27.2 Å². The second kappa shape index (κ2) is 23.2. The molecule has 4 heterocycles. The summed E-state index contributed by atoms with van der Waals surface area (Å²) in [7, 11) is 2.41. The Morgan fingerprint density at radius 1 is 0.549 bits per heavy atom. The van der Waals surface area contributed by atoms with Gasteiger partial charge in [-0.3, -0.25) is 19.2 Å². The monoisotopic (exact) mass is 1160 g/mol. The molecule has 2 aliphatic carbocycles. The molecule has 0 unspecified atom stereocenters. The van der Waals surface area contributed by atoms with E-state index < -0.39 is 18.3 Å². The molecule has 12 rings (SSSR count). The van der Waals surface area contributed by atoms with Crippen molar-refractivity contribution in [3.05, 3.63) is 184 Å². The van der Waals surface area contributed by atoms with Crippen LogP contribution in [0.5, 0.6) is 0 Å². The van der Waals surface area contributed by atoms with E-state index in [-0.39, 0.29) is 34.6 Å². The summed E-state index contributed by atoms with van der Waals surface area (Å²) < 4.78 is 16.4. The van der Waals surface area contributed by atoms with Crippen molar-refractivity contribution in [2.24, 2.45) is 10.8 Å². The van der Waals surface area contributed by atoms with Crippen LogP contribution in [-0.2, 0) is 44.7 Å². The van der Waals surface area contributed by atoms with Crippen molar-refractivity contribution in [3.8, 4) is 22.5 Å². The zero-order valence-corrected chi connectivity index (χ0v) is 50.0. The van der Waals surface area contributed by atoms with Gasteiger partial charge in [0.05, 0.1) is 23.9 Å². The van der Waals surface area contributed by atoms with Crippen LogP contribution in [-0.4, -0.2) is 98.2 Å². The van der Waals surface area contributed by atoms with Gasteiger partial charge in [-0.1, -0.05) is 107 Å². The number of rotatable bonds is 12. The van der Waals surface area contributed by atoms with E-state index in [1.54, 1.807) is 29.2 Å². The van der Waals surface area contributed by atoms with Crippen LogP contribution in [0.4, 0.5) is 0 Å². The average molecular weight is 1170 g/mol. The highest BCUT2D eigenvalue weighted by Crippen LogP contribution is 2.53. The maximum atomic E-state index is 13.5. The lowest BCUT2D eigenvalue weighted by Crippen LogP contribution is -2.35. The van der Waals surface area contributed by atoms with Gasteiger partial charge in [0.25, 0.3) is 11.8 Å². The number of hydrogen-bond donors (Lipinski definition) is 2. The number of esters is 2. The molecule has 2 amide bonds. The first-order valence-electron chi connectivity index (χ1n) is 28.6. The minimum absolute atomic E-state index is 0.00960. The summed E-state index contributed by atoms with van der Waals surface area (Å²) in [6.07, 6.45) is 8.56. The summed E-state index contributed by atoms with van der Waals surface area (Å²) in [5.74, 6) is -0.0977. The SMILES string of the molecule is CN1CCc2c(n(-c3ccc(CC4(CC(=O)OC(C)(C)C)CC4)cc3)c3ccc(-c4ccccc4)cc23)C1=O.CN1CCc2c(n(-c3ccc(CC4(CC(=O)OC(C)(C)C)CC4)cc3)c3ccc(Br)cc23)C1=O.OB(O)c1ccccc1. The Bertz CT molecular complexity index is 3660. The summed E-state index contributed by atoms with van der Waals surface area (Å²) in [4.78, 5) is 55.1. The molecule has 6 aromatic carbocycles. The van der Waals surface area contributed by atoms with Gasteiger partial charge in [-0.25, -0.2) is 0 Å². The lowest BCUT2D eigenvalue weighted by molar-refractivity contribution is -0.157. The van der Waals surface area contributed by atoms with Gasteiger partial charge in [-0.05, 0) is 197 Å². The topological polar surface area (TPSA) is 144 Å². The summed E-state index contributed by atoms with van der Waals surface area (Å²) >= 11 is 3.59. The van der Waals surface area contributed by atoms with Crippen molar-refractivity contribution >= 4 is 74.1 Å². The van der Waals surface area contributed by atoms with Crippen molar-refractivity contribution in [2.45, 2.75) is 117 Å². The van der Waals surface area contributed by atoms with Crippen LogP contribution in [0, 0.1) is 10.8 Å². The van der Waals surface area contributed by atoms with E-state index in [0.29, 0.717) is 18.3 Å². The van der Waals surface area contributed by atoms with Gasteiger partial charge in [0, 0.05) is 53.8 Å². The van der Waals surface area contributed by atoms with Crippen LogP contribution in [0.1, 0.15) is 123 Å². The largest absolute Gasteiger partial charge is 0.488 e. The Morgan fingerprint density at radius 3 is 1.37 bits per heavy atom. The Labute approximate surface area is 490 Å². The molecule has 0 spiro atoms. The number of halogens is 1. The molecule has 2 N–H and O–H groups in total. The Hall–Kier alpha value is -7.26. The summed E-state index contributed by atoms with van der Waals surface area (Å²) in [6, 6.07) is 48.8. The molecule has 8 aromatic rings. The number of benzene rings is 6. The highest BCUT2D eigenvalue weighted by atomic mass is 79.9. The second-order valence-electron chi connectivity index (χ2n) is 25.0. The predicted molar refractivity (Wildman–Crippen MR) is 329 cm³/mol. The van der Waals surface area contributed by atoms with E-state index in [2.05, 4.69) is 128 Å². The normalized spacial score (nSPS) is 15.8. The molecule has 82 heavy (non-hydrogen) atoms. The van der Waals surface area contributed by atoms with Crippen molar-refractivity contribution in [1.82, 2.24) is 18.9 Å².